The van der Waals surface area contributed by atoms with E-state index in [-0.39, 0.29) is 11.0 Å². The smallest absolute Gasteiger partial charge is 0.0307 e. The second-order valence-corrected chi connectivity index (χ2v) is 12.9. The van der Waals surface area contributed by atoms with Crippen LogP contribution < -0.4 is 5.73 Å². The van der Waals surface area contributed by atoms with Crippen molar-refractivity contribution >= 4 is 13.5 Å². The van der Waals surface area contributed by atoms with Gasteiger partial charge < -0.3 is 10.6 Å². The summed E-state index contributed by atoms with van der Waals surface area (Å²) in [4.78, 5) is 2.50. The molecular formula is C20H43N4P. The van der Waals surface area contributed by atoms with Crippen LogP contribution in [-0.4, -0.2) is 72.5 Å². The number of nitrogens with two attached hydrogens (primary N) is 1. The first-order valence-corrected chi connectivity index (χ1v) is 11.8. The van der Waals surface area contributed by atoms with Gasteiger partial charge in [-0.25, -0.2) is 0 Å². The highest BCUT2D eigenvalue weighted by Gasteiger charge is 2.32. The Morgan fingerprint density at radius 2 is 1.60 bits per heavy atom. The lowest BCUT2D eigenvalue weighted by Crippen LogP contribution is -2.47. The maximum Gasteiger partial charge on any atom is 0.0307 e. The molecule has 1 fully saturated rings. The van der Waals surface area contributed by atoms with Gasteiger partial charge in [0.25, 0.3) is 0 Å². The summed E-state index contributed by atoms with van der Waals surface area (Å²) in [6.07, 6.45) is 9.10. The summed E-state index contributed by atoms with van der Waals surface area (Å²) in [5.41, 5.74) is 7.48. The molecule has 4 nitrogen and oxygen atoms in total. The van der Waals surface area contributed by atoms with Crippen molar-refractivity contribution in [3.8, 4) is 0 Å². The first kappa shape index (κ1) is 22.8. The number of nitrogens with zero attached hydrogens (tertiary/aromatic N) is 3. The molecule has 0 radical (unpaired) electrons. The van der Waals surface area contributed by atoms with Crippen LogP contribution >= 0.6 is 7.19 Å². The predicted molar refractivity (Wildman–Crippen MR) is 116 cm³/mol. The Morgan fingerprint density at radius 1 is 1.08 bits per heavy atom. The Balaban J connectivity index is 2.61. The minimum absolute atomic E-state index is 0.0729. The normalized spacial score (nSPS) is 20.0. The highest BCUT2D eigenvalue weighted by Crippen LogP contribution is 2.51. The minimum Gasteiger partial charge on any atom is -0.372 e. The lowest BCUT2D eigenvalue weighted by molar-refractivity contribution is 0.181. The Morgan fingerprint density at radius 3 is 2.00 bits per heavy atom. The average molecular weight is 371 g/mol. The van der Waals surface area contributed by atoms with Gasteiger partial charge in [0.15, 0.2) is 0 Å². The quantitative estimate of drug-likeness (QED) is 0.624. The van der Waals surface area contributed by atoms with E-state index >= 15 is 0 Å². The molecule has 0 aromatic carbocycles. The molecule has 0 aliphatic carbocycles. The van der Waals surface area contributed by atoms with Crippen molar-refractivity contribution < 1.29 is 0 Å². The average Bonchev–Trinajstić information content (AvgIpc) is 2.51. The van der Waals surface area contributed by atoms with Gasteiger partial charge in [-0.1, -0.05) is 40.1 Å². The molecule has 1 aliphatic rings. The van der Waals surface area contributed by atoms with E-state index in [1.54, 1.807) is 0 Å². The van der Waals surface area contributed by atoms with Crippen molar-refractivity contribution in [1.82, 2.24) is 14.2 Å². The molecule has 1 atom stereocenters. The first-order valence-electron chi connectivity index (χ1n) is 9.72. The van der Waals surface area contributed by atoms with E-state index in [2.05, 4.69) is 75.8 Å². The number of piperazine rings is 1. The molecule has 1 aliphatic heterocycles. The fraction of sp³-hybridized carbons (Fsp3) is 0.850. The van der Waals surface area contributed by atoms with Crippen molar-refractivity contribution in [2.45, 2.75) is 59.4 Å². The molecule has 1 heterocycles. The monoisotopic (exact) mass is 370 g/mol. The summed E-state index contributed by atoms with van der Waals surface area (Å²) >= 11 is 0. The lowest BCUT2D eigenvalue weighted by atomic mass is 9.81. The van der Waals surface area contributed by atoms with Crippen LogP contribution in [0.2, 0.25) is 0 Å². The van der Waals surface area contributed by atoms with E-state index in [9.17, 15) is 0 Å². The third-order valence-corrected chi connectivity index (χ3v) is 9.77. The predicted octanol–water partition coefficient (Wildman–Crippen LogP) is 3.91. The van der Waals surface area contributed by atoms with E-state index in [4.69, 9.17) is 5.73 Å². The zero-order valence-corrected chi connectivity index (χ0v) is 18.8. The maximum atomic E-state index is 6.13. The lowest BCUT2D eigenvalue weighted by Gasteiger charge is -2.48. The molecule has 0 aromatic heterocycles. The van der Waals surface area contributed by atoms with Gasteiger partial charge in [0.05, 0.1) is 0 Å². The molecule has 5 heteroatoms. The number of allylic oxidation sites excluding steroid dienone is 1. The fourth-order valence-corrected chi connectivity index (χ4v) is 6.03. The summed E-state index contributed by atoms with van der Waals surface area (Å²) in [5.74, 6) is 0. The third-order valence-electron chi connectivity index (χ3n) is 5.82. The number of hydrogen-bond acceptors (Lipinski definition) is 4. The molecule has 2 N–H and O–H groups in total. The number of hydrogen-bond donors (Lipinski definition) is 1. The summed E-state index contributed by atoms with van der Waals surface area (Å²) < 4.78 is 4.98. The Kier molecular flexibility index (Phi) is 7.83. The topological polar surface area (TPSA) is 35.7 Å². The van der Waals surface area contributed by atoms with E-state index in [1.807, 2.05) is 0 Å². The molecule has 1 saturated heterocycles. The Hall–Kier alpha value is -0.280. The first-order chi connectivity index (χ1) is 11.3. The summed E-state index contributed by atoms with van der Waals surface area (Å²) in [5, 5.41) is 0. The summed E-state index contributed by atoms with van der Waals surface area (Å²) in [7, 11) is 2.97. The van der Waals surface area contributed by atoms with Crippen molar-refractivity contribution in [2.75, 3.05) is 46.4 Å². The molecule has 0 saturated carbocycles. The zero-order valence-electron chi connectivity index (χ0n) is 17.9. The molecule has 1 rings (SSSR count). The van der Waals surface area contributed by atoms with Crippen LogP contribution in [0.5, 0.6) is 0 Å². The molecule has 148 valence electrons. The van der Waals surface area contributed by atoms with E-state index in [1.165, 1.54) is 5.70 Å². The van der Waals surface area contributed by atoms with Crippen LogP contribution in [0.3, 0.4) is 0 Å². The van der Waals surface area contributed by atoms with Crippen molar-refractivity contribution in [3.63, 3.8) is 0 Å². The molecule has 0 amide bonds. The standard InChI is InChI=1S/C20H43N4P/c1-10-25(9,22(7)8)24-16-14-23(15-17-24)18(2)19(3,4)12-11-13-20(5,6)21/h2,9-17,21H2,1,3-8H3. The number of rotatable bonds is 9. The van der Waals surface area contributed by atoms with Gasteiger partial charge in [-0.2, -0.15) is 0 Å². The zero-order chi connectivity index (χ0) is 19.5. The Labute approximate surface area is 157 Å². The summed E-state index contributed by atoms with van der Waals surface area (Å²) in [6.45, 7) is 19.9. The molecule has 0 bridgehead atoms. The van der Waals surface area contributed by atoms with Crippen LogP contribution in [-0.2, 0) is 0 Å². The van der Waals surface area contributed by atoms with Crippen molar-refractivity contribution in [2.24, 2.45) is 11.1 Å². The molecule has 0 aromatic rings. The van der Waals surface area contributed by atoms with E-state index < -0.39 is 7.19 Å². The van der Waals surface area contributed by atoms with Gasteiger partial charge in [-0.3, -0.25) is 9.34 Å². The van der Waals surface area contributed by atoms with Gasteiger partial charge in [0.1, 0.15) is 0 Å². The highest BCUT2D eigenvalue weighted by atomic mass is 31.2. The second-order valence-electron chi connectivity index (χ2n) is 9.16. The van der Waals surface area contributed by atoms with Crippen molar-refractivity contribution in [1.29, 1.82) is 0 Å². The Bertz CT molecular complexity index is 482. The van der Waals surface area contributed by atoms with Gasteiger partial charge in [0.2, 0.25) is 0 Å². The third kappa shape index (κ3) is 6.13. The molecule has 0 spiro atoms. The molecular weight excluding hydrogens is 327 g/mol. The van der Waals surface area contributed by atoms with Gasteiger partial charge >= 0.3 is 0 Å². The van der Waals surface area contributed by atoms with E-state index in [0.717, 1.165) is 51.6 Å². The summed E-state index contributed by atoms with van der Waals surface area (Å²) in [6, 6.07) is 0. The van der Waals surface area contributed by atoms with Gasteiger partial charge in [0, 0.05) is 50.0 Å². The fourth-order valence-electron chi connectivity index (χ4n) is 3.63. The molecule has 1 unspecified atom stereocenters. The van der Waals surface area contributed by atoms with Crippen LogP contribution in [0.25, 0.3) is 0 Å². The van der Waals surface area contributed by atoms with Crippen LogP contribution in [0.1, 0.15) is 53.9 Å². The second kappa shape index (κ2) is 8.61. The van der Waals surface area contributed by atoms with Crippen LogP contribution in [0, 0.1) is 5.41 Å². The minimum atomic E-state index is -1.38. The van der Waals surface area contributed by atoms with Crippen LogP contribution in [0.15, 0.2) is 12.3 Å². The SMILES string of the molecule is C=C(N1CCN(P(=C)(CC)N(C)C)CC1)C(C)(C)CCCC(C)(C)N. The van der Waals surface area contributed by atoms with Gasteiger partial charge in [-0.05, 0) is 46.9 Å². The van der Waals surface area contributed by atoms with Crippen molar-refractivity contribution in [3.05, 3.63) is 12.3 Å². The maximum absolute atomic E-state index is 6.13. The van der Waals surface area contributed by atoms with Gasteiger partial charge in [-0.15, -0.1) is 0 Å². The highest BCUT2D eigenvalue weighted by molar-refractivity contribution is 7.69. The molecule has 25 heavy (non-hydrogen) atoms. The largest absolute Gasteiger partial charge is 0.372 e. The van der Waals surface area contributed by atoms with Crippen LogP contribution in [0.4, 0.5) is 0 Å². The van der Waals surface area contributed by atoms with E-state index in [0.29, 0.717) is 0 Å².